The Bertz CT molecular complexity index is 579. The lowest BCUT2D eigenvalue weighted by Crippen LogP contribution is -2.21. The molecule has 1 N–H and O–H groups in total. The lowest BCUT2D eigenvalue weighted by molar-refractivity contribution is -0.120. The molecule has 2 rings (SSSR count). The van der Waals surface area contributed by atoms with Gasteiger partial charge in [0.2, 0.25) is 5.91 Å². The molecule has 0 atom stereocenters. The Kier molecular flexibility index (Phi) is 4.78. The molecule has 0 saturated carbocycles. The van der Waals surface area contributed by atoms with Crippen molar-refractivity contribution in [3.8, 4) is 11.8 Å². The first kappa shape index (κ1) is 12.9. The van der Waals surface area contributed by atoms with Gasteiger partial charge in [-0.3, -0.25) is 4.79 Å². The Morgan fingerprint density at radius 1 is 0.947 bits per heavy atom. The summed E-state index contributed by atoms with van der Waals surface area (Å²) in [7, 11) is 0. The molecule has 19 heavy (non-hydrogen) atoms. The van der Waals surface area contributed by atoms with Crippen LogP contribution in [0.5, 0.6) is 0 Å². The third-order valence-corrected chi connectivity index (χ3v) is 2.59. The topological polar surface area (TPSA) is 29.1 Å². The van der Waals surface area contributed by atoms with Gasteiger partial charge < -0.3 is 5.32 Å². The summed E-state index contributed by atoms with van der Waals surface area (Å²) in [6, 6.07) is 19.5. The second-order valence-electron chi connectivity index (χ2n) is 4.11. The zero-order valence-corrected chi connectivity index (χ0v) is 10.6. The van der Waals surface area contributed by atoms with E-state index in [0.29, 0.717) is 6.54 Å². The first-order valence-electron chi connectivity index (χ1n) is 6.19. The molecule has 2 nitrogen and oxygen atoms in total. The predicted molar refractivity (Wildman–Crippen MR) is 76.2 cm³/mol. The summed E-state index contributed by atoms with van der Waals surface area (Å²) in [6.07, 6.45) is 0.224. The molecular weight excluding hydrogens is 234 g/mol. The first-order chi connectivity index (χ1) is 9.34. The second kappa shape index (κ2) is 7.03. The maximum atomic E-state index is 11.6. The smallest absolute Gasteiger partial charge is 0.232 e. The summed E-state index contributed by atoms with van der Waals surface area (Å²) in [5.41, 5.74) is 2.02. The molecule has 0 radical (unpaired) electrons. The van der Waals surface area contributed by atoms with Gasteiger partial charge in [-0.1, -0.05) is 60.4 Å². The Balaban J connectivity index is 1.78. The van der Waals surface area contributed by atoms with Crippen molar-refractivity contribution in [2.45, 2.75) is 13.0 Å². The van der Waals surface area contributed by atoms with Crippen LogP contribution in [-0.2, 0) is 11.3 Å². The number of benzene rings is 2. The van der Waals surface area contributed by atoms with E-state index in [-0.39, 0.29) is 12.3 Å². The molecule has 0 aromatic heterocycles. The van der Waals surface area contributed by atoms with Crippen LogP contribution < -0.4 is 5.32 Å². The largest absolute Gasteiger partial charge is 0.351 e. The summed E-state index contributed by atoms with van der Waals surface area (Å²) in [5, 5.41) is 2.84. The number of carbonyl (C=O) groups excluding carboxylic acids is 1. The average molecular weight is 249 g/mol. The molecule has 2 aromatic rings. The highest BCUT2D eigenvalue weighted by atomic mass is 16.1. The fourth-order valence-electron chi connectivity index (χ4n) is 1.61. The van der Waals surface area contributed by atoms with Crippen molar-refractivity contribution < 1.29 is 4.79 Å². The van der Waals surface area contributed by atoms with E-state index in [0.717, 1.165) is 11.1 Å². The molecule has 0 unspecified atom stereocenters. The maximum Gasteiger partial charge on any atom is 0.232 e. The van der Waals surface area contributed by atoms with Crippen molar-refractivity contribution in [3.63, 3.8) is 0 Å². The van der Waals surface area contributed by atoms with Crippen molar-refractivity contribution in [3.05, 3.63) is 71.8 Å². The summed E-state index contributed by atoms with van der Waals surface area (Å²) in [4.78, 5) is 11.6. The molecule has 0 aliphatic rings. The minimum absolute atomic E-state index is 0.0488. The van der Waals surface area contributed by atoms with Crippen molar-refractivity contribution in [1.82, 2.24) is 5.32 Å². The molecule has 0 aliphatic heterocycles. The van der Waals surface area contributed by atoms with Crippen LogP contribution in [0.3, 0.4) is 0 Å². The van der Waals surface area contributed by atoms with Gasteiger partial charge >= 0.3 is 0 Å². The van der Waals surface area contributed by atoms with E-state index < -0.39 is 0 Å². The summed E-state index contributed by atoms with van der Waals surface area (Å²) < 4.78 is 0. The summed E-state index contributed by atoms with van der Waals surface area (Å²) in [5.74, 6) is 5.79. The van der Waals surface area contributed by atoms with Crippen LogP contribution in [0.4, 0.5) is 0 Å². The third kappa shape index (κ3) is 4.69. The van der Waals surface area contributed by atoms with Crippen LogP contribution in [0.2, 0.25) is 0 Å². The SMILES string of the molecule is O=C(CC#Cc1ccccc1)NCc1ccccc1. The Labute approximate surface area is 113 Å². The van der Waals surface area contributed by atoms with Gasteiger partial charge in [0, 0.05) is 12.1 Å². The van der Waals surface area contributed by atoms with Gasteiger partial charge in [-0.05, 0) is 17.7 Å². The molecule has 0 bridgehead atoms. The molecule has 0 aliphatic carbocycles. The summed E-state index contributed by atoms with van der Waals surface area (Å²) in [6.45, 7) is 0.548. The minimum atomic E-state index is -0.0488. The van der Waals surface area contributed by atoms with Crippen LogP contribution in [-0.4, -0.2) is 5.91 Å². The van der Waals surface area contributed by atoms with E-state index >= 15 is 0 Å². The van der Waals surface area contributed by atoms with E-state index in [1.165, 1.54) is 0 Å². The van der Waals surface area contributed by atoms with Gasteiger partial charge in [0.1, 0.15) is 0 Å². The first-order valence-corrected chi connectivity index (χ1v) is 6.19. The highest BCUT2D eigenvalue weighted by Crippen LogP contribution is 1.98. The monoisotopic (exact) mass is 249 g/mol. The lowest BCUT2D eigenvalue weighted by atomic mass is 10.2. The molecular formula is C17H15NO. The molecule has 0 spiro atoms. The molecule has 2 aromatic carbocycles. The van der Waals surface area contributed by atoms with Gasteiger partial charge in [-0.2, -0.15) is 0 Å². The van der Waals surface area contributed by atoms with Gasteiger partial charge in [0.25, 0.3) is 0 Å². The Morgan fingerprint density at radius 3 is 2.26 bits per heavy atom. The highest BCUT2D eigenvalue weighted by Gasteiger charge is 1.97. The quantitative estimate of drug-likeness (QED) is 0.833. The van der Waals surface area contributed by atoms with Crippen LogP contribution >= 0.6 is 0 Å². The number of hydrogen-bond donors (Lipinski definition) is 1. The lowest BCUT2D eigenvalue weighted by Gasteiger charge is -2.02. The molecule has 0 heterocycles. The van der Waals surface area contributed by atoms with E-state index in [4.69, 9.17) is 0 Å². The Hall–Kier alpha value is -2.53. The molecule has 2 heteroatoms. The average Bonchev–Trinajstić information content (AvgIpc) is 2.47. The van der Waals surface area contributed by atoms with Crippen molar-refractivity contribution in [1.29, 1.82) is 0 Å². The van der Waals surface area contributed by atoms with Crippen LogP contribution in [0.15, 0.2) is 60.7 Å². The number of rotatable bonds is 3. The standard InChI is InChI=1S/C17H15NO/c19-17(18-14-16-10-5-2-6-11-16)13-7-12-15-8-3-1-4-9-15/h1-6,8-11H,13-14H2,(H,18,19). The zero-order chi connectivity index (χ0) is 13.3. The van der Waals surface area contributed by atoms with Crippen molar-refractivity contribution in [2.24, 2.45) is 0 Å². The third-order valence-electron chi connectivity index (χ3n) is 2.59. The Morgan fingerprint density at radius 2 is 1.58 bits per heavy atom. The normalized spacial score (nSPS) is 9.26. The highest BCUT2D eigenvalue weighted by molar-refractivity contribution is 5.78. The van der Waals surface area contributed by atoms with E-state index in [1.807, 2.05) is 60.7 Å². The predicted octanol–water partition coefficient (Wildman–Crippen LogP) is 2.74. The van der Waals surface area contributed by atoms with E-state index in [2.05, 4.69) is 17.2 Å². The number of hydrogen-bond acceptors (Lipinski definition) is 1. The van der Waals surface area contributed by atoms with Crippen molar-refractivity contribution in [2.75, 3.05) is 0 Å². The van der Waals surface area contributed by atoms with Gasteiger partial charge in [0.05, 0.1) is 6.42 Å². The number of carbonyl (C=O) groups is 1. The summed E-state index contributed by atoms with van der Waals surface area (Å²) >= 11 is 0. The zero-order valence-electron chi connectivity index (χ0n) is 10.6. The molecule has 0 fully saturated rings. The molecule has 0 saturated heterocycles. The second-order valence-corrected chi connectivity index (χ2v) is 4.11. The van der Waals surface area contributed by atoms with Crippen LogP contribution in [0.25, 0.3) is 0 Å². The number of nitrogens with one attached hydrogen (secondary N) is 1. The van der Waals surface area contributed by atoms with Crippen molar-refractivity contribution >= 4 is 5.91 Å². The maximum absolute atomic E-state index is 11.6. The van der Waals surface area contributed by atoms with Crippen LogP contribution in [0.1, 0.15) is 17.5 Å². The molecule has 94 valence electrons. The van der Waals surface area contributed by atoms with E-state index in [9.17, 15) is 4.79 Å². The van der Waals surface area contributed by atoms with Crippen LogP contribution in [0, 0.1) is 11.8 Å². The van der Waals surface area contributed by atoms with Gasteiger partial charge in [-0.15, -0.1) is 0 Å². The van der Waals surface area contributed by atoms with Gasteiger partial charge in [0.15, 0.2) is 0 Å². The molecule has 1 amide bonds. The minimum Gasteiger partial charge on any atom is -0.351 e. The van der Waals surface area contributed by atoms with Gasteiger partial charge in [-0.25, -0.2) is 0 Å². The van der Waals surface area contributed by atoms with E-state index in [1.54, 1.807) is 0 Å². The number of amides is 1. The fourth-order valence-corrected chi connectivity index (χ4v) is 1.61. The fraction of sp³-hybridized carbons (Fsp3) is 0.118.